The number of hydrogen-bond donors (Lipinski definition) is 2. The Morgan fingerprint density at radius 1 is 1.08 bits per heavy atom. The summed E-state index contributed by atoms with van der Waals surface area (Å²) in [5.41, 5.74) is 3.74. The highest BCUT2D eigenvalue weighted by atomic mass is 16.5. The molecule has 4 nitrogen and oxygen atoms in total. The van der Waals surface area contributed by atoms with Crippen LogP contribution >= 0.6 is 0 Å². The quantitative estimate of drug-likeness (QED) is 0.618. The third-order valence-corrected chi connectivity index (χ3v) is 4.10. The maximum Gasteiger partial charge on any atom is 0.161 e. The van der Waals surface area contributed by atoms with Crippen molar-refractivity contribution >= 4 is 10.9 Å². The van der Waals surface area contributed by atoms with Gasteiger partial charge in [-0.15, -0.1) is 0 Å². The summed E-state index contributed by atoms with van der Waals surface area (Å²) in [7, 11) is 1.66. The highest BCUT2D eigenvalue weighted by Gasteiger charge is 2.06. The van der Waals surface area contributed by atoms with Crippen molar-refractivity contribution < 1.29 is 9.47 Å². The smallest absolute Gasteiger partial charge is 0.161 e. The van der Waals surface area contributed by atoms with Crippen LogP contribution in [-0.4, -0.2) is 25.2 Å². The first kappa shape index (κ1) is 16.4. The van der Waals surface area contributed by atoms with E-state index in [1.54, 1.807) is 7.11 Å². The Labute approximate surface area is 142 Å². The van der Waals surface area contributed by atoms with Gasteiger partial charge in [0.1, 0.15) is 0 Å². The molecule has 0 aliphatic carbocycles. The standard InChI is InChI=1S/C20H24N2O2/c1-3-24-20-12-15(8-9-19(20)23-2)13-21-11-10-16-14-22-18-7-5-4-6-17(16)18/h4-9,12,14,21-22H,3,10-11,13H2,1-2H3. The molecule has 0 fully saturated rings. The number of aromatic nitrogens is 1. The molecule has 0 atom stereocenters. The lowest BCUT2D eigenvalue weighted by Gasteiger charge is -2.11. The Balaban J connectivity index is 1.55. The molecule has 4 heteroatoms. The number of nitrogens with one attached hydrogen (secondary N) is 2. The molecule has 0 amide bonds. The van der Waals surface area contributed by atoms with E-state index in [1.807, 2.05) is 19.1 Å². The molecule has 0 aliphatic heterocycles. The Morgan fingerprint density at radius 3 is 2.79 bits per heavy atom. The van der Waals surface area contributed by atoms with Gasteiger partial charge in [0.25, 0.3) is 0 Å². The van der Waals surface area contributed by atoms with Crippen molar-refractivity contribution in [3.63, 3.8) is 0 Å². The van der Waals surface area contributed by atoms with Crippen LogP contribution in [0.4, 0.5) is 0 Å². The van der Waals surface area contributed by atoms with Crippen molar-refractivity contribution in [1.82, 2.24) is 10.3 Å². The van der Waals surface area contributed by atoms with Gasteiger partial charge >= 0.3 is 0 Å². The zero-order valence-electron chi connectivity index (χ0n) is 14.3. The lowest BCUT2D eigenvalue weighted by atomic mass is 10.1. The second-order valence-corrected chi connectivity index (χ2v) is 5.70. The fourth-order valence-corrected chi connectivity index (χ4v) is 2.89. The van der Waals surface area contributed by atoms with Crippen LogP contribution in [0.3, 0.4) is 0 Å². The minimum absolute atomic E-state index is 0.633. The van der Waals surface area contributed by atoms with Crippen molar-refractivity contribution in [3.8, 4) is 11.5 Å². The van der Waals surface area contributed by atoms with Gasteiger partial charge in [-0.05, 0) is 49.2 Å². The molecule has 126 valence electrons. The second kappa shape index (κ2) is 7.88. The maximum atomic E-state index is 5.63. The average molecular weight is 324 g/mol. The number of ether oxygens (including phenoxy) is 2. The summed E-state index contributed by atoms with van der Waals surface area (Å²) < 4.78 is 10.9. The molecule has 0 unspecified atom stereocenters. The molecule has 2 aromatic carbocycles. The van der Waals surface area contributed by atoms with Crippen LogP contribution in [0.1, 0.15) is 18.1 Å². The molecule has 0 spiro atoms. The molecule has 0 bridgehead atoms. The summed E-state index contributed by atoms with van der Waals surface area (Å²) in [5, 5.41) is 4.81. The summed E-state index contributed by atoms with van der Waals surface area (Å²) in [6.45, 7) is 4.35. The highest BCUT2D eigenvalue weighted by molar-refractivity contribution is 5.83. The SMILES string of the molecule is CCOc1cc(CNCCc2c[nH]c3ccccc23)ccc1OC. The van der Waals surface area contributed by atoms with Gasteiger partial charge in [-0.1, -0.05) is 24.3 Å². The number of para-hydroxylation sites is 1. The highest BCUT2D eigenvalue weighted by Crippen LogP contribution is 2.28. The first-order valence-corrected chi connectivity index (χ1v) is 8.37. The Kier molecular flexibility index (Phi) is 5.39. The molecule has 24 heavy (non-hydrogen) atoms. The minimum atomic E-state index is 0.633. The number of aromatic amines is 1. The van der Waals surface area contributed by atoms with Gasteiger partial charge in [-0.3, -0.25) is 0 Å². The first-order chi connectivity index (χ1) is 11.8. The average Bonchev–Trinajstić information content (AvgIpc) is 3.02. The Bertz CT molecular complexity index is 795. The predicted molar refractivity (Wildman–Crippen MR) is 97.9 cm³/mol. The van der Waals surface area contributed by atoms with Crippen LogP contribution < -0.4 is 14.8 Å². The fourth-order valence-electron chi connectivity index (χ4n) is 2.89. The number of fused-ring (bicyclic) bond motifs is 1. The predicted octanol–water partition coefficient (Wildman–Crippen LogP) is 3.91. The molecule has 2 N–H and O–H groups in total. The van der Waals surface area contributed by atoms with Gasteiger partial charge in [0.15, 0.2) is 11.5 Å². The number of H-pyrrole nitrogens is 1. The van der Waals surface area contributed by atoms with Gasteiger partial charge in [0.2, 0.25) is 0 Å². The molecule has 0 radical (unpaired) electrons. The lowest BCUT2D eigenvalue weighted by Crippen LogP contribution is -2.16. The largest absolute Gasteiger partial charge is 0.493 e. The van der Waals surface area contributed by atoms with Gasteiger partial charge in [0.05, 0.1) is 13.7 Å². The molecule has 0 aliphatic rings. The number of benzene rings is 2. The monoisotopic (exact) mass is 324 g/mol. The maximum absolute atomic E-state index is 5.63. The molecule has 3 rings (SSSR count). The molecule has 1 heterocycles. The topological polar surface area (TPSA) is 46.3 Å². The molecule has 1 aromatic heterocycles. The van der Waals surface area contributed by atoms with Crippen LogP contribution in [-0.2, 0) is 13.0 Å². The van der Waals surface area contributed by atoms with Crippen molar-refractivity contribution in [2.24, 2.45) is 0 Å². The van der Waals surface area contributed by atoms with E-state index in [4.69, 9.17) is 9.47 Å². The summed E-state index contributed by atoms with van der Waals surface area (Å²) in [4.78, 5) is 3.32. The summed E-state index contributed by atoms with van der Waals surface area (Å²) in [5.74, 6) is 1.58. The normalized spacial score (nSPS) is 10.9. The van der Waals surface area contributed by atoms with Gasteiger partial charge < -0.3 is 19.8 Å². The van der Waals surface area contributed by atoms with Crippen molar-refractivity contribution in [2.75, 3.05) is 20.3 Å². The van der Waals surface area contributed by atoms with E-state index in [9.17, 15) is 0 Å². The van der Waals surface area contributed by atoms with Crippen molar-refractivity contribution in [3.05, 3.63) is 59.8 Å². The first-order valence-electron chi connectivity index (χ1n) is 8.37. The van der Waals surface area contributed by atoms with Crippen LogP contribution in [0.15, 0.2) is 48.7 Å². The molecule has 0 saturated carbocycles. The third kappa shape index (κ3) is 3.71. The van der Waals surface area contributed by atoms with Crippen LogP contribution in [0, 0.1) is 0 Å². The molecular weight excluding hydrogens is 300 g/mol. The second-order valence-electron chi connectivity index (χ2n) is 5.70. The zero-order valence-corrected chi connectivity index (χ0v) is 14.3. The van der Waals surface area contributed by atoms with Crippen LogP contribution in [0.25, 0.3) is 10.9 Å². The lowest BCUT2D eigenvalue weighted by molar-refractivity contribution is 0.310. The van der Waals surface area contributed by atoms with E-state index in [2.05, 4.69) is 46.8 Å². The van der Waals surface area contributed by atoms with E-state index in [-0.39, 0.29) is 0 Å². The van der Waals surface area contributed by atoms with Crippen molar-refractivity contribution in [1.29, 1.82) is 0 Å². The molecule has 0 saturated heterocycles. The number of methoxy groups -OCH3 is 1. The summed E-state index contributed by atoms with van der Waals surface area (Å²) in [6, 6.07) is 14.5. The van der Waals surface area contributed by atoms with Crippen LogP contribution in [0.2, 0.25) is 0 Å². The Hall–Kier alpha value is -2.46. The number of rotatable bonds is 8. The van der Waals surface area contributed by atoms with Gasteiger partial charge in [0, 0.05) is 23.6 Å². The molecule has 3 aromatic rings. The fraction of sp³-hybridized carbons (Fsp3) is 0.300. The Morgan fingerprint density at radius 2 is 1.96 bits per heavy atom. The minimum Gasteiger partial charge on any atom is -0.493 e. The summed E-state index contributed by atoms with van der Waals surface area (Å²) >= 11 is 0. The van der Waals surface area contributed by atoms with E-state index in [0.717, 1.165) is 31.0 Å². The van der Waals surface area contributed by atoms with Crippen LogP contribution in [0.5, 0.6) is 11.5 Å². The van der Waals surface area contributed by atoms with E-state index in [1.165, 1.54) is 22.0 Å². The van der Waals surface area contributed by atoms with E-state index in [0.29, 0.717) is 6.61 Å². The van der Waals surface area contributed by atoms with Crippen molar-refractivity contribution in [2.45, 2.75) is 19.9 Å². The van der Waals surface area contributed by atoms with Gasteiger partial charge in [-0.2, -0.15) is 0 Å². The third-order valence-electron chi connectivity index (χ3n) is 4.10. The van der Waals surface area contributed by atoms with E-state index >= 15 is 0 Å². The number of hydrogen-bond acceptors (Lipinski definition) is 3. The summed E-state index contributed by atoms with van der Waals surface area (Å²) in [6.07, 6.45) is 3.10. The zero-order chi connectivity index (χ0) is 16.8. The van der Waals surface area contributed by atoms with E-state index < -0.39 is 0 Å². The van der Waals surface area contributed by atoms with Gasteiger partial charge in [-0.25, -0.2) is 0 Å². The molecular formula is C20H24N2O2.